The number of nitrogens with two attached hydrogens (primary N) is 1. The zero-order valence-electron chi connectivity index (χ0n) is 13.5. The Morgan fingerprint density at radius 2 is 2.10 bits per heavy atom. The number of piperazine rings is 1. The molecule has 1 amide bonds. The lowest BCUT2D eigenvalue weighted by atomic mass is 10.1. The number of hydrogen-bond acceptors (Lipinski definition) is 4. The SMILES string of the molecule is CCC1CN(c2cc(N)ccc2C(=O)N(C)C)CCN1C. The Balaban J connectivity index is 2.34. The summed E-state index contributed by atoms with van der Waals surface area (Å²) in [5.41, 5.74) is 8.33. The number of carbonyl (C=O) groups is 1. The molecule has 21 heavy (non-hydrogen) atoms. The van der Waals surface area contributed by atoms with Crippen molar-refractivity contribution in [2.45, 2.75) is 19.4 Å². The maximum atomic E-state index is 12.4. The zero-order chi connectivity index (χ0) is 15.6. The van der Waals surface area contributed by atoms with Crippen molar-refractivity contribution in [1.29, 1.82) is 0 Å². The highest BCUT2D eigenvalue weighted by atomic mass is 16.2. The van der Waals surface area contributed by atoms with Crippen molar-refractivity contribution in [3.63, 3.8) is 0 Å². The lowest BCUT2D eigenvalue weighted by Crippen LogP contribution is -2.51. The normalized spacial score (nSPS) is 19.6. The molecule has 1 fully saturated rings. The number of anilines is 2. The van der Waals surface area contributed by atoms with Gasteiger partial charge in [-0.2, -0.15) is 0 Å². The second-order valence-corrected chi connectivity index (χ2v) is 5.96. The van der Waals surface area contributed by atoms with Gasteiger partial charge >= 0.3 is 0 Å². The molecule has 0 aliphatic carbocycles. The predicted octanol–water partition coefficient (Wildman–Crippen LogP) is 1.50. The summed E-state index contributed by atoms with van der Waals surface area (Å²) in [7, 11) is 5.72. The average molecular weight is 290 g/mol. The minimum Gasteiger partial charge on any atom is -0.399 e. The minimum atomic E-state index is 0.0250. The second kappa shape index (κ2) is 6.35. The van der Waals surface area contributed by atoms with Crippen LogP contribution in [0.2, 0.25) is 0 Å². The molecule has 5 heteroatoms. The third-order valence-electron chi connectivity index (χ3n) is 4.25. The van der Waals surface area contributed by atoms with E-state index in [2.05, 4.69) is 23.8 Å². The van der Waals surface area contributed by atoms with E-state index >= 15 is 0 Å². The summed E-state index contributed by atoms with van der Waals surface area (Å²) in [4.78, 5) is 18.7. The summed E-state index contributed by atoms with van der Waals surface area (Å²) in [5.74, 6) is 0.0250. The number of carbonyl (C=O) groups excluding carboxylic acids is 1. The highest BCUT2D eigenvalue weighted by Crippen LogP contribution is 2.27. The molecule has 1 aromatic carbocycles. The van der Waals surface area contributed by atoms with Gasteiger partial charge in [0.2, 0.25) is 0 Å². The van der Waals surface area contributed by atoms with Crippen LogP contribution in [0.3, 0.4) is 0 Å². The number of likely N-dealkylation sites (N-methyl/N-ethyl adjacent to an activating group) is 1. The Morgan fingerprint density at radius 3 is 2.71 bits per heavy atom. The highest BCUT2D eigenvalue weighted by Gasteiger charge is 2.26. The number of nitrogens with zero attached hydrogens (tertiary/aromatic N) is 3. The van der Waals surface area contributed by atoms with Gasteiger partial charge in [0.1, 0.15) is 0 Å². The number of amides is 1. The quantitative estimate of drug-likeness (QED) is 0.857. The van der Waals surface area contributed by atoms with Crippen molar-refractivity contribution in [2.24, 2.45) is 0 Å². The molecular formula is C16H26N4O. The molecule has 1 atom stereocenters. The van der Waals surface area contributed by atoms with Crippen LogP contribution in [0.4, 0.5) is 11.4 Å². The van der Waals surface area contributed by atoms with Crippen molar-refractivity contribution >= 4 is 17.3 Å². The van der Waals surface area contributed by atoms with Gasteiger partial charge in [-0.05, 0) is 31.7 Å². The molecule has 2 rings (SSSR count). The molecule has 1 aliphatic rings. The maximum absolute atomic E-state index is 12.4. The van der Waals surface area contributed by atoms with Crippen molar-refractivity contribution in [1.82, 2.24) is 9.80 Å². The van der Waals surface area contributed by atoms with Crippen LogP contribution in [-0.2, 0) is 0 Å². The van der Waals surface area contributed by atoms with Crippen LogP contribution < -0.4 is 10.6 Å². The van der Waals surface area contributed by atoms with Gasteiger partial charge in [0, 0.05) is 45.5 Å². The number of nitrogen functional groups attached to an aromatic ring is 1. The van der Waals surface area contributed by atoms with Crippen LogP contribution in [0, 0.1) is 0 Å². The fraction of sp³-hybridized carbons (Fsp3) is 0.562. The monoisotopic (exact) mass is 290 g/mol. The Labute approximate surface area is 127 Å². The van der Waals surface area contributed by atoms with Crippen molar-refractivity contribution < 1.29 is 4.79 Å². The molecule has 0 aromatic heterocycles. The molecule has 5 nitrogen and oxygen atoms in total. The van der Waals surface area contributed by atoms with Gasteiger partial charge in [-0.15, -0.1) is 0 Å². The predicted molar refractivity (Wildman–Crippen MR) is 87.8 cm³/mol. The number of benzene rings is 1. The Bertz CT molecular complexity index is 515. The second-order valence-electron chi connectivity index (χ2n) is 5.96. The van der Waals surface area contributed by atoms with Gasteiger partial charge in [-0.3, -0.25) is 9.69 Å². The molecule has 1 aliphatic heterocycles. The molecule has 1 saturated heterocycles. The van der Waals surface area contributed by atoms with Crippen LogP contribution in [0.1, 0.15) is 23.7 Å². The smallest absolute Gasteiger partial charge is 0.255 e. The molecule has 2 N–H and O–H groups in total. The van der Waals surface area contributed by atoms with Crippen LogP contribution in [0.5, 0.6) is 0 Å². The molecule has 1 heterocycles. The van der Waals surface area contributed by atoms with E-state index in [1.165, 1.54) is 0 Å². The first-order chi connectivity index (χ1) is 9.93. The van der Waals surface area contributed by atoms with Crippen LogP contribution in [0.25, 0.3) is 0 Å². The minimum absolute atomic E-state index is 0.0250. The summed E-state index contributed by atoms with van der Waals surface area (Å²) in [6.45, 7) is 5.06. The first kappa shape index (κ1) is 15.6. The van der Waals surface area contributed by atoms with Gasteiger partial charge in [0.25, 0.3) is 5.91 Å². The third-order valence-corrected chi connectivity index (χ3v) is 4.25. The van der Waals surface area contributed by atoms with E-state index in [1.807, 2.05) is 12.1 Å². The van der Waals surface area contributed by atoms with E-state index in [9.17, 15) is 4.79 Å². The van der Waals surface area contributed by atoms with Gasteiger partial charge in [0.15, 0.2) is 0 Å². The first-order valence-corrected chi connectivity index (χ1v) is 7.50. The van der Waals surface area contributed by atoms with Crippen molar-refractivity contribution in [2.75, 3.05) is 51.4 Å². The van der Waals surface area contributed by atoms with Crippen molar-refractivity contribution in [3.05, 3.63) is 23.8 Å². The van der Waals surface area contributed by atoms with Crippen molar-refractivity contribution in [3.8, 4) is 0 Å². The lowest BCUT2D eigenvalue weighted by molar-refractivity contribution is 0.0828. The van der Waals surface area contributed by atoms with E-state index in [1.54, 1.807) is 25.1 Å². The lowest BCUT2D eigenvalue weighted by Gasteiger charge is -2.41. The van der Waals surface area contributed by atoms with E-state index in [0.29, 0.717) is 11.7 Å². The summed E-state index contributed by atoms with van der Waals surface area (Å²) in [6.07, 6.45) is 1.10. The van der Waals surface area contributed by atoms with E-state index < -0.39 is 0 Å². The molecule has 0 bridgehead atoms. The fourth-order valence-corrected chi connectivity index (χ4v) is 2.84. The summed E-state index contributed by atoms with van der Waals surface area (Å²) >= 11 is 0. The number of rotatable bonds is 3. The molecule has 0 saturated carbocycles. The highest BCUT2D eigenvalue weighted by molar-refractivity contribution is 6.00. The Hall–Kier alpha value is -1.75. The summed E-state index contributed by atoms with van der Waals surface area (Å²) < 4.78 is 0. The van der Waals surface area contributed by atoms with E-state index in [0.717, 1.165) is 37.3 Å². The van der Waals surface area contributed by atoms with E-state index in [4.69, 9.17) is 5.73 Å². The number of hydrogen-bond donors (Lipinski definition) is 1. The molecule has 1 unspecified atom stereocenters. The van der Waals surface area contributed by atoms with Gasteiger partial charge in [-0.1, -0.05) is 6.92 Å². The molecule has 0 spiro atoms. The topological polar surface area (TPSA) is 52.8 Å². The van der Waals surface area contributed by atoms with Gasteiger partial charge in [-0.25, -0.2) is 0 Å². The Kier molecular flexibility index (Phi) is 4.73. The molecule has 0 radical (unpaired) electrons. The maximum Gasteiger partial charge on any atom is 0.255 e. The fourth-order valence-electron chi connectivity index (χ4n) is 2.84. The largest absolute Gasteiger partial charge is 0.399 e. The van der Waals surface area contributed by atoms with E-state index in [-0.39, 0.29) is 5.91 Å². The standard InChI is InChI=1S/C16H26N4O/c1-5-13-11-20(9-8-19(13)4)15-10-12(17)6-7-14(15)16(21)18(2)3/h6-7,10,13H,5,8-9,11,17H2,1-4H3. The average Bonchev–Trinajstić information content (AvgIpc) is 2.47. The molecule has 1 aromatic rings. The van der Waals surface area contributed by atoms with Gasteiger partial charge < -0.3 is 15.5 Å². The zero-order valence-corrected chi connectivity index (χ0v) is 13.5. The molecular weight excluding hydrogens is 264 g/mol. The first-order valence-electron chi connectivity index (χ1n) is 7.50. The van der Waals surface area contributed by atoms with Gasteiger partial charge in [0.05, 0.1) is 11.3 Å². The molecule has 116 valence electrons. The third kappa shape index (κ3) is 3.29. The summed E-state index contributed by atoms with van der Waals surface area (Å²) in [5, 5.41) is 0. The Morgan fingerprint density at radius 1 is 1.38 bits per heavy atom. The van der Waals surface area contributed by atoms with Crippen LogP contribution >= 0.6 is 0 Å². The van der Waals surface area contributed by atoms with Crippen LogP contribution in [0.15, 0.2) is 18.2 Å². The van der Waals surface area contributed by atoms with Crippen LogP contribution in [-0.4, -0.2) is 62.5 Å². The summed E-state index contributed by atoms with van der Waals surface area (Å²) in [6, 6.07) is 6.08.